The number of fused-ring (bicyclic) bond motifs is 1. The first-order valence-electron chi connectivity index (χ1n) is 13.4. The van der Waals surface area contributed by atoms with E-state index < -0.39 is 11.0 Å². The van der Waals surface area contributed by atoms with E-state index in [1.54, 1.807) is 6.07 Å². The minimum Gasteiger partial charge on any atom is -0.427 e. The van der Waals surface area contributed by atoms with Crippen LogP contribution in [0.5, 0.6) is 5.75 Å². The minimum absolute atomic E-state index is 0.0151. The lowest BCUT2D eigenvalue weighted by atomic mass is 9.55. The molecule has 6 heteroatoms. The van der Waals surface area contributed by atoms with Crippen LogP contribution in [-0.2, 0) is 10.2 Å². The maximum absolute atomic E-state index is 13.8. The number of likely N-dealkylation sites (tertiary alicyclic amines) is 1. The average molecular weight is 505 g/mol. The van der Waals surface area contributed by atoms with Crippen molar-refractivity contribution in [3.8, 4) is 5.75 Å². The Hall–Kier alpha value is -2.96. The fourth-order valence-electron chi connectivity index (χ4n) is 6.40. The molecule has 4 rings (SSSR count). The second kappa shape index (κ2) is 11.2. The van der Waals surface area contributed by atoms with E-state index in [0.29, 0.717) is 43.2 Å². The number of benzene rings is 2. The van der Waals surface area contributed by atoms with Gasteiger partial charge >= 0.3 is 5.97 Å². The molecule has 1 aliphatic heterocycles. The molecule has 1 amide bonds. The van der Waals surface area contributed by atoms with Crippen molar-refractivity contribution in [3.63, 3.8) is 0 Å². The third-order valence-corrected chi connectivity index (χ3v) is 8.03. The van der Waals surface area contributed by atoms with Gasteiger partial charge in [0.1, 0.15) is 5.75 Å². The minimum atomic E-state index is -0.973. The van der Waals surface area contributed by atoms with Crippen molar-refractivity contribution in [1.29, 1.82) is 0 Å². The molecule has 3 atom stereocenters. The summed E-state index contributed by atoms with van der Waals surface area (Å²) in [7, 11) is 0. The molecule has 6 nitrogen and oxygen atoms in total. The second-order valence-electron chi connectivity index (χ2n) is 11.1. The number of esters is 1. The van der Waals surface area contributed by atoms with Crippen LogP contribution in [0.2, 0.25) is 0 Å². The predicted molar refractivity (Wildman–Crippen MR) is 146 cm³/mol. The summed E-state index contributed by atoms with van der Waals surface area (Å²) in [6.07, 6.45) is 4.59. The van der Waals surface area contributed by atoms with Gasteiger partial charge in [-0.2, -0.15) is 0 Å². The first-order valence-corrected chi connectivity index (χ1v) is 13.4. The van der Waals surface area contributed by atoms with Crippen LogP contribution in [0.15, 0.2) is 67.3 Å². The lowest BCUT2D eigenvalue weighted by Gasteiger charge is -2.59. The van der Waals surface area contributed by atoms with Gasteiger partial charge in [-0.15, -0.1) is 6.58 Å². The summed E-state index contributed by atoms with van der Waals surface area (Å²) in [4.78, 5) is 29.7. The zero-order chi connectivity index (χ0) is 26.6. The van der Waals surface area contributed by atoms with Gasteiger partial charge in [0.15, 0.2) is 0 Å². The summed E-state index contributed by atoms with van der Waals surface area (Å²) in [5.41, 5.74) is 0.110. The number of hydrogen-bond donors (Lipinski definition) is 1. The van der Waals surface area contributed by atoms with Gasteiger partial charge in [-0.1, -0.05) is 50.3 Å². The summed E-state index contributed by atoms with van der Waals surface area (Å²) in [5, 5.41) is 12.3. The van der Waals surface area contributed by atoms with Crippen molar-refractivity contribution in [2.75, 3.05) is 26.2 Å². The van der Waals surface area contributed by atoms with Crippen LogP contribution in [0.1, 0.15) is 62.4 Å². The Morgan fingerprint density at radius 2 is 1.95 bits per heavy atom. The SMILES string of the molecule is C=CCN1CCC2(c3cccc(OC(C)=O)c3)C[C@@H](N(CC(C)C)C(=O)c3ccccc3)CCC2(O)C1. The molecule has 1 saturated heterocycles. The number of hydrogen-bond acceptors (Lipinski definition) is 5. The number of nitrogens with zero attached hydrogens (tertiary/aromatic N) is 2. The van der Waals surface area contributed by atoms with E-state index in [1.165, 1.54) is 6.92 Å². The topological polar surface area (TPSA) is 70.1 Å². The summed E-state index contributed by atoms with van der Waals surface area (Å²) in [6.45, 7) is 12.3. The van der Waals surface area contributed by atoms with Crippen LogP contribution in [0.4, 0.5) is 0 Å². The Morgan fingerprint density at radius 1 is 1.19 bits per heavy atom. The highest BCUT2D eigenvalue weighted by atomic mass is 16.5. The molecule has 2 fully saturated rings. The zero-order valence-corrected chi connectivity index (χ0v) is 22.4. The second-order valence-corrected chi connectivity index (χ2v) is 11.1. The van der Waals surface area contributed by atoms with Crippen LogP contribution >= 0.6 is 0 Å². The zero-order valence-electron chi connectivity index (χ0n) is 22.4. The van der Waals surface area contributed by atoms with E-state index in [-0.39, 0.29) is 17.9 Å². The highest BCUT2D eigenvalue weighted by Gasteiger charge is 2.58. The van der Waals surface area contributed by atoms with E-state index >= 15 is 0 Å². The van der Waals surface area contributed by atoms with Crippen LogP contribution in [0.3, 0.4) is 0 Å². The van der Waals surface area contributed by atoms with Gasteiger partial charge in [-0.25, -0.2) is 0 Å². The largest absolute Gasteiger partial charge is 0.427 e. The summed E-state index contributed by atoms with van der Waals surface area (Å²) in [5.74, 6) is 0.462. The van der Waals surface area contributed by atoms with E-state index in [0.717, 1.165) is 31.5 Å². The molecule has 37 heavy (non-hydrogen) atoms. The smallest absolute Gasteiger partial charge is 0.308 e. The molecule has 0 aromatic heterocycles. The van der Waals surface area contributed by atoms with Crippen molar-refractivity contribution < 1.29 is 19.4 Å². The van der Waals surface area contributed by atoms with Crippen molar-refractivity contribution >= 4 is 11.9 Å². The quantitative estimate of drug-likeness (QED) is 0.317. The molecule has 0 radical (unpaired) electrons. The molecular formula is C31H40N2O4. The maximum atomic E-state index is 13.8. The van der Waals surface area contributed by atoms with Gasteiger partial charge in [-0.3, -0.25) is 14.5 Å². The number of ether oxygens (including phenoxy) is 1. The third-order valence-electron chi connectivity index (χ3n) is 8.03. The van der Waals surface area contributed by atoms with Crippen molar-refractivity contribution in [1.82, 2.24) is 9.80 Å². The van der Waals surface area contributed by atoms with Crippen LogP contribution in [0.25, 0.3) is 0 Å². The highest BCUT2D eigenvalue weighted by molar-refractivity contribution is 5.94. The fourth-order valence-corrected chi connectivity index (χ4v) is 6.40. The van der Waals surface area contributed by atoms with Gasteiger partial charge < -0.3 is 14.7 Å². The number of carbonyl (C=O) groups excluding carboxylic acids is 2. The standard InChI is InChI=1S/C31H40N2O4/c1-5-17-32-18-16-30(26-12-9-13-28(19-26)37-24(4)34)20-27(14-15-31(30,36)22-32)33(21-23(2)3)29(35)25-10-7-6-8-11-25/h5-13,19,23,27,36H,1,14-18,20-22H2,2-4H3/t27-,30?,31?/m0/s1. The van der Waals surface area contributed by atoms with Gasteiger partial charge in [0.05, 0.1) is 5.60 Å². The average Bonchev–Trinajstić information content (AvgIpc) is 2.87. The van der Waals surface area contributed by atoms with Gasteiger partial charge in [0.2, 0.25) is 0 Å². The van der Waals surface area contributed by atoms with E-state index in [9.17, 15) is 14.7 Å². The molecule has 2 aromatic carbocycles. The van der Waals surface area contributed by atoms with Gasteiger partial charge in [0, 0.05) is 43.6 Å². The number of β-amino-alcohol motifs (C(OH)–C–C–N with tert-alkyl or cyclic N) is 1. The number of amides is 1. The molecular weight excluding hydrogens is 464 g/mol. The van der Waals surface area contributed by atoms with Crippen molar-refractivity contribution in [3.05, 3.63) is 78.4 Å². The molecule has 0 bridgehead atoms. The first kappa shape index (κ1) is 27.1. The maximum Gasteiger partial charge on any atom is 0.308 e. The molecule has 198 valence electrons. The molecule has 0 spiro atoms. The monoisotopic (exact) mass is 504 g/mol. The van der Waals surface area contributed by atoms with Gasteiger partial charge in [-0.05, 0) is 68.0 Å². The van der Waals surface area contributed by atoms with Crippen LogP contribution in [-0.4, -0.2) is 64.6 Å². The Kier molecular flexibility index (Phi) is 8.20. The summed E-state index contributed by atoms with van der Waals surface area (Å²) >= 11 is 0. The summed E-state index contributed by atoms with van der Waals surface area (Å²) in [6, 6.07) is 17.1. The Bertz CT molecular complexity index is 1120. The highest BCUT2D eigenvalue weighted by Crippen LogP contribution is 2.53. The number of aliphatic hydroxyl groups is 1. The fraction of sp³-hybridized carbons (Fsp3) is 0.484. The van der Waals surface area contributed by atoms with Crippen LogP contribution < -0.4 is 4.74 Å². The Balaban J connectivity index is 1.75. The Morgan fingerprint density at radius 3 is 2.62 bits per heavy atom. The number of rotatable bonds is 8. The van der Waals surface area contributed by atoms with Crippen LogP contribution in [0, 0.1) is 5.92 Å². The summed E-state index contributed by atoms with van der Waals surface area (Å²) < 4.78 is 5.43. The predicted octanol–water partition coefficient (Wildman–Crippen LogP) is 4.82. The molecule has 1 aliphatic carbocycles. The molecule has 1 heterocycles. The van der Waals surface area contributed by atoms with Crippen molar-refractivity contribution in [2.24, 2.45) is 5.92 Å². The molecule has 1 saturated carbocycles. The molecule has 2 aromatic rings. The Labute approximate surface area is 220 Å². The lowest BCUT2D eigenvalue weighted by Crippen LogP contribution is -2.67. The van der Waals surface area contributed by atoms with E-state index in [4.69, 9.17) is 4.74 Å². The lowest BCUT2D eigenvalue weighted by molar-refractivity contribution is -0.132. The first-order chi connectivity index (χ1) is 17.7. The van der Waals surface area contributed by atoms with Gasteiger partial charge in [0.25, 0.3) is 5.91 Å². The number of carbonyl (C=O) groups is 2. The molecule has 2 unspecified atom stereocenters. The van der Waals surface area contributed by atoms with E-state index in [2.05, 4.69) is 25.3 Å². The molecule has 2 aliphatic rings. The van der Waals surface area contributed by atoms with E-state index in [1.807, 2.05) is 59.5 Å². The normalized spacial score (nSPS) is 25.8. The third kappa shape index (κ3) is 5.65. The molecule has 1 N–H and O–H groups in total. The number of piperidine rings is 1. The van der Waals surface area contributed by atoms with Crippen molar-refractivity contribution in [2.45, 2.75) is 63.5 Å².